The maximum absolute atomic E-state index is 3.46. The van der Waals surface area contributed by atoms with Crippen molar-refractivity contribution in [3.05, 3.63) is 162 Å². The normalized spacial score (nSPS) is 10.1. The Balaban J connectivity index is 1.65. The maximum atomic E-state index is 3.46. The van der Waals surface area contributed by atoms with Crippen LogP contribution in [-0.4, -0.2) is 0 Å². The second-order valence-corrected chi connectivity index (χ2v) is 10.1. The first-order valence-corrected chi connectivity index (χ1v) is 12.9. The molecule has 0 saturated carbocycles. The van der Waals surface area contributed by atoms with Crippen LogP contribution in [0.25, 0.3) is 0 Å². The van der Waals surface area contributed by atoms with Gasteiger partial charge in [-0.2, -0.15) is 0 Å². The van der Waals surface area contributed by atoms with Gasteiger partial charge in [0.25, 0.3) is 0 Å². The first-order chi connectivity index (χ1) is 17.4. The molecule has 1 heteroatoms. The highest BCUT2D eigenvalue weighted by atomic mass is 31.1. The minimum absolute atomic E-state index is 0.853. The lowest BCUT2D eigenvalue weighted by Gasteiger charge is -2.22. The SMILES string of the molecule is C(#Cc1ccccc1P(c1ccccc1)c1ccccc1C#Cc1ccccc1)c1ccccc1. The molecule has 0 amide bonds. The zero-order valence-electron chi connectivity index (χ0n) is 19.2. The Hall–Kier alpha value is -4.35. The van der Waals surface area contributed by atoms with Gasteiger partial charge in [-0.05, 0) is 49.6 Å². The highest BCUT2D eigenvalue weighted by Gasteiger charge is 2.21. The molecule has 0 bridgehead atoms. The van der Waals surface area contributed by atoms with Crippen LogP contribution >= 0.6 is 7.92 Å². The Bertz CT molecular complexity index is 1430. The van der Waals surface area contributed by atoms with Gasteiger partial charge in [-0.15, -0.1) is 0 Å². The molecular weight excluding hydrogens is 439 g/mol. The summed E-state index contributed by atoms with van der Waals surface area (Å²) in [4.78, 5) is 0. The van der Waals surface area contributed by atoms with Crippen LogP contribution < -0.4 is 15.9 Å². The minimum atomic E-state index is -0.853. The predicted molar refractivity (Wildman–Crippen MR) is 150 cm³/mol. The van der Waals surface area contributed by atoms with E-state index in [0.29, 0.717) is 0 Å². The van der Waals surface area contributed by atoms with Gasteiger partial charge < -0.3 is 0 Å². The molecule has 0 unspecified atom stereocenters. The van der Waals surface area contributed by atoms with E-state index in [2.05, 4.69) is 103 Å². The molecule has 0 heterocycles. The minimum Gasteiger partial charge on any atom is -0.0622 e. The Labute approximate surface area is 209 Å². The zero-order chi connectivity index (χ0) is 23.7. The van der Waals surface area contributed by atoms with Crippen LogP contribution in [0.2, 0.25) is 0 Å². The maximum Gasteiger partial charge on any atom is 0.0332 e. The topological polar surface area (TPSA) is 0 Å². The average molecular weight is 463 g/mol. The Morgan fingerprint density at radius 1 is 0.343 bits per heavy atom. The van der Waals surface area contributed by atoms with Crippen molar-refractivity contribution in [1.82, 2.24) is 0 Å². The number of hydrogen-bond donors (Lipinski definition) is 0. The molecule has 0 fully saturated rings. The fraction of sp³-hybridized carbons (Fsp3) is 0. The molecule has 0 aliphatic carbocycles. The zero-order valence-corrected chi connectivity index (χ0v) is 20.1. The van der Waals surface area contributed by atoms with Crippen LogP contribution in [0.1, 0.15) is 22.3 Å². The first kappa shape index (κ1) is 22.4. The van der Waals surface area contributed by atoms with Gasteiger partial charge in [-0.3, -0.25) is 0 Å². The fourth-order valence-electron chi connectivity index (χ4n) is 3.86. The summed E-state index contributed by atoms with van der Waals surface area (Å²) in [5.41, 5.74) is 4.13. The monoisotopic (exact) mass is 462 g/mol. The molecule has 5 rings (SSSR count). The molecular formula is C34H23P. The van der Waals surface area contributed by atoms with E-state index in [1.165, 1.54) is 15.9 Å². The average Bonchev–Trinajstić information content (AvgIpc) is 2.94. The van der Waals surface area contributed by atoms with Crippen molar-refractivity contribution >= 4 is 23.8 Å². The van der Waals surface area contributed by atoms with Crippen molar-refractivity contribution < 1.29 is 0 Å². The summed E-state index contributed by atoms with van der Waals surface area (Å²) < 4.78 is 0. The second kappa shape index (κ2) is 11.2. The third-order valence-corrected chi connectivity index (χ3v) is 8.09. The van der Waals surface area contributed by atoms with Crippen LogP contribution in [-0.2, 0) is 0 Å². The number of rotatable bonds is 3. The Morgan fingerprint density at radius 2 is 0.714 bits per heavy atom. The number of benzene rings is 5. The molecule has 0 spiro atoms. The van der Waals surface area contributed by atoms with Gasteiger partial charge in [-0.25, -0.2) is 0 Å². The van der Waals surface area contributed by atoms with E-state index in [9.17, 15) is 0 Å². The number of hydrogen-bond acceptors (Lipinski definition) is 0. The quantitative estimate of drug-likeness (QED) is 0.220. The molecule has 0 saturated heterocycles. The van der Waals surface area contributed by atoms with Crippen molar-refractivity contribution in [3.63, 3.8) is 0 Å². The lowest BCUT2D eigenvalue weighted by molar-refractivity contribution is 1.64. The Morgan fingerprint density at radius 3 is 1.17 bits per heavy atom. The van der Waals surface area contributed by atoms with Gasteiger partial charge in [0, 0.05) is 32.9 Å². The lowest BCUT2D eigenvalue weighted by atomic mass is 10.2. The van der Waals surface area contributed by atoms with E-state index in [-0.39, 0.29) is 0 Å². The summed E-state index contributed by atoms with van der Waals surface area (Å²) in [7, 11) is -0.853. The summed E-state index contributed by atoms with van der Waals surface area (Å²) in [6, 6.07) is 48.1. The van der Waals surface area contributed by atoms with E-state index < -0.39 is 7.92 Å². The van der Waals surface area contributed by atoms with Gasteiger partial charge in [0.1, 0.15) is 0 Å². The van der Waals surface area contributed by atoms with Crippen LogP contribution in [0, 0.1) is 23.7 Å². The molecule has 0 nitrogen and oxygen atoms in total. The van der Waals surface area contributed by atoms with Gasteiger partial charge in [0.05, 0.1) is 0 Å². The molecule has 0 aromatic heterocycles. The van der Waals surface area contributed by atoms with E-state index in [1.807, 2.05) is 60.7 Å². The van der Waals surface area contributed by atoms with Crippen molar-refractivity contribution in [2.75, 3.05) is 0 Å². The van der Waals surface area contributed by atoms with E-state index in [0.717, 1.165) is 22.3 Å². The van der Waals surface area contributed by atoms with Crippen molar-refractivity contribution in [1.29, 1.82) is 0 Å². The summed E-state index contributed by atoms with van der Waals surface area (Å²) in [6.07, 6.45) is 0. The van der Waals surface area contributed by atoms with Crippen LogP contribution in [0.3, 0.4) is 0 Å². The smallest absolute Gasteiger partial charge is 0.0332 e. The molecule has 164 valence electrons. The van der Waals surface area contributed by atoms with Crippen LogP contribution in [0.5, 0.6) is 0 Å². The fourth-order valence-corrected chi connectivity index (χ4v) is 6.35. The summed E-state index contributed by atoms with van der Waals surface area (Å²) in [6.45, 7) is 0. The molecule has 35 heavy (non-hydrogen) atoms. The lowest BCUT2D eigenvalue weighted by Crippen LogP contribution is -2.24. The third-order valence-electron chi connectivity index (χ3n) is 5.53. The van der Waals surface area contributed by atoms with Crippen molar-refractivity contribution in [2.24, 2.45) is 0 Å². The summed E-state index contributed by atoms with van der Waals surface area (Å²) in [5, 5.41) is 3.77. The molecule has 0 aliphatic heterocycles. The van der Waals surface area contributed by atoms with Crippen LogP contribution in [0.15, 0.2) is 140 Å². The van der Waals surface area contributed by atoms with E-state index in [1.54, 1.807) is 0 Å². The van der Waals surface area contributed by atoms with Gasteiger partial charge >= 0.3 is 0 Å². The molecule has 0 aliphatic rings. The summed E-state index contributed by atoms with van der Waals surface area (Å²) in [5.74, 6) is 13.6. The first-order valence-electron chi connectivity index (χ1n) is 11.6. The van der Waals surface area contributed by atoms with Crippen molar-refractivity contribution in [3.8, 4) is 23.7 Å². The van der Waals surface area contributed by atoms with Gasteiger partial charge in [0.15, 0.2) is 0 Å². The molecule has 0 N–H and O–H groups in total. The predicted octanol–water partition coefficient (Wildman–Crippen LogP) is 6.24. The highest BCUT2D eigenvalue weighted by molar-refractivity contribution is 7.80. The van der Waals surface area contributed by atoms with E-state index in [4.69, 9.17) is 0 Å². The highest BCUT2D eigenvalue weighted by Crippen LogP contribution is 2.35. The largest absolute Gasteiger partial charge is 0.0622 e. The van der Waals surface area contributed by atoms with Gasteiger partial charge in [0.2, 0.25) is 0 Å². The van der Waals surface area contributed by atoms with Crippen LogP contribution in [0.4, 0.5) is 0 Å². The van der Waals surface area contributed by atoms with E-state index >= 15 is 0 Å². The second-order valence-electron chi connectivity index (χ2n) is 7.94. The molecule has 5 aromatic rings. The van der Waals surface area contributed by atoms with Gasteiger partial charge in [-0.1, -0.05) is 127 Å². The molecule has 0 atom stereocenters. The standard InChI is InChI=1S/C34H23P/c1-4-14-28(15-5-1)24-26-30-18-10-12-22-33(30)35(32-20-8-3-9-21-32)34-23-13-11-19-31(34)27-25-29-16-6-2-7-17-29/h1-23H. The summed E-state index contributed by atoms with van der Waals surface area (Å²) >= 11 is 0. The Kier molecular flexibility index (Phi) is 7.17. The molecule has 5 aromatic carbocycles. The molecule has 0 radical (unpaired) electrons. The third kappa shape index (κ3) is 5.60. The van der Waals surface area contributed by atoms with Crippen molar-refractivity contribution in [2.45, 2.75) is 0 Å².